The molecule has 0 amide bonds. The number of benzene rings is 2. The van der Waals surface area contributed by atoms with Crippen LogP contribution in [0.15, 0.2) is 42.5 Å². The van der Waals surface area contributed by atoms with Crippen molar-refractivity contribution in [3.8, 4) is 11.5 Å². The Morgan fingerprint density at radius 1 is 1.15 bits per heavy atom. The predicted molar refractivity (Wildman–Crippen MR) is 101 cm³/mol. The monoisotopic (exact) mass is 371 g/mol. The third-order valence-corrected chi connectivity index (χ3v) is 5.92. The van der Waals surface area contributed by atoms with Crippen LogP contribution in [-0.2, 0) is 0 Å². The Hall–Kier alpha value is -2.11. The van der Waals surface area contributed by atoms with E-state index in [1.54, 1.807) is 13.0 Å². The zero-order valence-electron chi connectivity index (χ0n) is 15.5. The highest BCUT2D eigenvalue weighted by atomic mass is 19.1. The maximum absolute atomic E-state index is 13.7. The van der Waals surface area contributed by atoms with Gasteiger partial charge in [0.15, 0.2) is 11.6 Å². The number of phenols is 1. The molecule has 27 heavy (non-hydrogen) atoms. The Morgan fingerprint density at radius 2 is 1.81 bits per heavy atom. The molecule has 2 fully saturated rings. The van der Waals surface area contributed by atoms with Crippen molar-refractivity contribution in [2.75, 3.05) is 19.6 Å². The second kappa shape index (κ2) is 7.49. The van der Waals surface area contributed by atoms with E-state index in [9.17, 15) is 14.6 Å². The summed E-state index contributed by atoms with van der Waals surface area (Å²) >= 11 is 0. The number of halogens is 1. The van der Waals surface area contributed by atoms with Gasteiger partial charge in [0.1, 0.15) is 5.75 Å². The van der Waals surface area contributed by atoms with Crippen LogP contribution in [-0.4, -0.2) is 40.9 Å². The maximum atomic E-state index is 13.7. The van der Waals surface area contributed by atoms with Crippen molar-refractivity contribution in [2.24, 2.45) is 11.8 Å². The number of nitrogens with zero attached hydrogens (tertiary/aromatic N) is 1. The minimum atomic E-state index is -0.756. The molecule has 4 rings (SSSR count). The number of para-hydroxylation sites is 1. The molecule has 2 unspecified atom stereocenters. The number of β-amino-alcohol motifs (C(OH)–C–C–N with tert-alkyl or cyclic N) is 1. The summed E-state index contributed by atoms with van der Waals surface area (Å²) in [5.74, 6) is 1.09. The molecular weight excluding hydrogens is 345 g/mol. The van der Waals surface area contributed by atoms with E-state index in [0.29, 0.717) is 29.5 Å². The number of hydrogen-bond donors (Lipinski definition) is 2. The molecule has 2 aromatic carbocycles. The molecule has 4 nitrogen and oxygen atoms in total. The number of aliphatic hydroxyl groups excluding tert-OH is 1. The average Bonchev–Trinajstić information content (AvgIpc) is 3.17. The molecule has 0 bridgehead atoms. The second-order valence-corrected chi connectivity index (χ2v) is 7.95. The number of aryl methyl sites for hydroxylation is 1. The highest BCUT2D eigenvalue weighted by molar-refractivity contribution is 5.37. The van der Waals surface area contributed by atoms with Crippen molar-refractivity contribution in [3.05, 3.63) is 59.4 Å². The Labute approximate surface area is 159 Å². The van der Waals surface area contributed by atoms with Crippen molar-refractivity contribution in [1.29, 1.82) is 0 Å². The number of ether oxygens (including phenoxy) is 1. The molecule has 1 aliphatic carbocycles. The molecule has 2 N–H and O–H groups in total. The van der Waals surface area contributed by atoms with Crippen LogP contribution in [0.1, 0.15) is 30.1 Å². The Morgan fingerprint density at radius 3 is 2.44 bits per heavy atom. The summed E-state index contributed by atoms with van der Waals surface area (Å²) in [5.41, 5.74) is 0.966. The van der Waals surface area contributed by atoms with Crippen LogP contribution in [0.25, 0.3) is 0 Å². The van der Waals surface area contributed by atoms with E-state index in [1.807, 2.05) is 30.3 Å². The molecule has 144 valence electrons. The van der Waals surface area contributed by atoms with Gasteiger partial charge in [-0.15, -0.1) is 0 Å². The first-order chi connectivity index (χ1) is 13.0. The van der Waals surface area contributed by atoms with Crippen molar-refractivity contribution < 1.29 is 19.3 Å². The summed E-state index contributed by atoms with van der Waals surface area (Å²) in [7, 11) is 0. The first kappa shape index (κ1) is 18.3. The van der Waals surface area contributed by atoms with Crippen molar-refractivity contribution in [1.82, 2.24) is 4.90 Å². The first-order valence-electron chi connectivity index (χ1n) is 9.60. The van der Waals surface area contributed by atoms with Gasteiger partial charge in [-0.2, -0.15) is 0 Å². The zero-order valence-corrected chi connectivity index (χ0v) is 15.5. The third kappa shape index (κ3) is 3.94. The first-order valence-corrected chi connectivity index (χ1v) is 9.60. The quantitative estimate of drug-likeness (QED) is 0.842. The number of phenolic OH excluding ortho intramolecular Hbond substituents is 1. The highest BCUT2D eigenvalue weighted by Crippen LogP contribution is 2.40. The lowest BCUT2D eigenvalue weighted by molar-refractivity contribution is 0.116. The van der Waals surface area contributed by atoms with Gasteiger partial charge >= 0.3 is 0 Å². The van der Waals surface area contributed by atoms with Crippen LogP contribution in [0.4, 0.5) is 4.39 Å². The van der Waals surface area contributed by atoms with Crippen LogP contribution in [0.3, 0.4) is 0 Å². The fraction of sp³-hybridized carbons (Fsp3) is 0.455. The summed E-state index contributed by atoms with van der Waals surface area (Å²) < 4.78 is 19.8. The Bertz CT molecular complexity index is 760. The average molecular weight is 371 g/mol. The lowest BCUT2D eigenvalue weighted by atomic mass is 10.0. The zero-order chi connectivity index (χ0) is 19.0. The standard InChI is InChI=1S/C22H26FNO3/c1-14-7-15(10-20(23)22(14)26)21(25)13-24-11-16-8-19(9-17(16)12-24)27-18-5-3-2-4-6-18/h2-7,10,16-17,19,21,25-26H,8-9,11-13H2,1H3/t16-,17+,19?,21?. The largest absolute Gasteiger partial charge is 0.505 e. The highest BCUT2D eigenvalue weighted by Gasteiger charge is 2.42. The minimum absolute atomic E-state index is 0.267. The van der Waals surface area contributed by atoms with Gasteiger partial charge in [-0.1, -0.05) is 18.2 Å². The molecule has 1 saturated heterocycles. The number of hydrogen-bond acceptors (Lipinski definition) is 4. The summed E-state index contributed by atoms with van der Waals surface area (Å²) in [5, 5.41) is 20.1. The van der Waals surface area contributed by atoms with E-state index in [4.69, 9.17) is 4.74 Å². The number of aromatic hydroxyl groups is 1. The van der Waals surface area contributed by atoms with Crippen LogP contribution in [0, 0.1) is 24.6 Å². The molecule has 0 spiro atoms. The van der Waals surface area contributed by atoms with Crippen LogP contribution in [0.5, 0.6) is 11.5 Å². The van der Waals surface area contributed by atoms with Gasteiger partial charge in [0.25, 0.3) is 0 Å². The van der Waals surface area contributed by atoms with Gasteiger partial charge in [0, 0.05) is 19.6 Å². The molecule has 0 radical (unpaired) electrons. The molecule has 4 atom stereocenters. The lowest BCUT2D eigenvalue weighted by Crippen LogP contribution is -2.29. The van der Waals surface area contributed by atoms with E-state index in [-0.39, 0.29) is 11.9 Å². The van der Waals surface area contributed by atoms with Gasteiger partial charge < -0.3 is 14.9 Å². The van der Waals surface area contributed by atoms with E-state index in [0.717, 1.165) is 31.7 Å². The van der Waals surface area contributed by atoms with Gasteiger partial charge in [0.2, 0.25) is 0 Å². The summed E-state index contributed by atoms with van der Waals surface area (Å²) in [6.07, 6.45) is 1.59. The summed E-state index contributed by atoms with van der Waals surface area (Å²) in [6.45, 7) is 4.01. The molecule has 0 aromatic heterocycles. The van der Waals surface area contributed by atoms with Gasteiger partial charge in [0.05, 0.1) is 12.2 Å². The van der Waals surface area contributed by atoms with E-state index >= 15 is 0 Å². The topological polar surface area (TPSA) is 52.9 Å². The molecule has 2 aliphatic rings. The van der Waals surface area contributed by atoms with Crippen LogP contribution in [0.2, 0.25) is 0 Å². The molecule has 1 heterocycles. The second-order valence-electron chi connectivity index (χ2n) is 7.95. The van der Waals surface area contributed by atoms with Crippen molar-refractivity contribution >= 4 is 0 Å². The smallest absolute Gasteiger partial charge is 0.165 e. The van der Waals surface area contributed by atoms with Gasteiger partial charge in [-0.05, 0) is 67.0 Å². The van der Waals surface area contributed by atoms with Crippen LogP contribution >= 0.6 is 0 Å². The van der Waals surface area contributed by atoms with E-state index in [2.05, 4.69) is 4.90 Å². The van der Waals surface area contributed by atoms with Gasteiger partial charge in [-0.25, -0.2) is 4.39 Å². The molecule has 1 aliphatic heterocycles. The van der Waals surface area contributed by atoms with Crippen molar-refractivity contribution in [2.45, 2.75) is 32.0 Å². The fourth-order valence-electron chi connectivity index (χ4n) is 4.58. The number of likely N-dealkylation sites (tertiary alicyclic amines) is 1. The molecule has 2 aromatic rings. The third-order valence-electron chi connectivity index (χ3n) is 5.92. The van der Waals surface area contributed by atoms with Crippen molar-refractivity contribution in [3.63, 3.8) is 0 Å². The Kier molecular flexibility index (Phi) is 5.06. The number of aliphatic hydroxyl groups is 1. The molecular formula is C22H26FNO3. The SMILES string of the molecule is Cc1cc(C(O)CN2C[C@H]3CC(Oc4ccccc4)C[C@H]3C2)cc(F)c1O. The summed E-state index contributed by atoms with van der Waals surface area (Å²) in [6, 6.07) is 12.8. The molecule has 5 heteroatoms. The number of fused-ring (bicyclic) bond motifs is 1. The van der Waals surface area contributed by atoms with Crippen LogP contribution < -0.4 is 4.74 Å². The number of rotatable bonds is 5. The fourth-order valence-corrected chi connectivity index (χ4v) is 4.58. The summed E-state index contributed by atoms with van der Waals surface area (Å²) in [4.78, 5) is 2.26. The van der Waals surface area contributed by atoms with E-state index in [1.165, 1.54) is 6.07 Å². The van der Waals surface area contributed by atoms with Gasteiger partial charge in [-0.3, -0.25) is 4.90 Å². The Balaban J connectivity index is 1.31. The normalized spacial score (nSPS) is 26.1. The maximum Gasteiger partial charge on any atom is 0.165 e. The lowest BCUT2D eigenvalue weighted by Gasteiger charge is -2.23. The van der Waals surface area contributed by atoms with E-state index < -0.39 is 11.9 Å². The molecule has 1 saturated carbocycles. The minimum Gasteiger partial charge on any atom is -0.505 e. The predicted octanol–water partition coefficient (Wildman–Crippen LogP) is 3.66.